The second-order valence-electron chi connectivity index (χ2n) is 10.5. The summed E-state index contributed by atoms with van der Waals surface area (Å²) in [7, 11) is 0. The van der Waals surface area contributed by atoms with Crippen molar-refractivity contribution in [3.63, 3.8) is 0 Å². The third kappa shape index (κ3) is 3.20. The Morgan fingerprint density at radius 2 is 1.92 bits per heavy atom. The zero-order chi connectivity index (χ0) is 26.5. The van der Waals surface area contributed by atoms with Gasteiger partial charge in [0, 0.05) is 57.3 Å². The molecule has 39 heavy (non-hydrogen) atoms. The second-order valence-corrected chi connectivity index (χ2v) is 11.4. The van der Waals surface area contributed by atoms with Crippen molar-refractivity contribution >= 4 is 56.6 Å². The molecule has 5 aromatic rings. The summed E-state index contributed by atoms with van der Waals surface area (Å²) in [6.45, 7) is 2.58. The Morgan fingerprint density at radius 1 is 1.08 bits per heavy atom. The van der Waals surface area contributed by atoms with Gasteiger partial charge in [-0.05, 0) is 66.1 Å². The number of hydrogen-bond acceptors (Lipinski definition) is 5. The molecular weight excluding hydrogens is 512 g/mol. The second kappa shape index (κ2) is 7.70. The largest absolute Gasteiger partial charge is 0.420 e. The SMILES string of the molecule is Cc1csc2c1C13CC1CN(C(=O)Oc1cc4cc(NC(=O)c5cc6ccccc6[nH]5)ccc4[nH]1)C3=CC2=O. The number of benzene rings is 2. The van der Waals surface area contributed by atoms with Crippen LogP contribution in [0.4, 0.5) is 10.5 Å². The predicted molar refractivity (Wildman–Crippen MR) is 149 cm³/mol. The number of allylic oxidation sites excluding steroid dienone is 2. The van der Waals surface area contributed by atoms with Crippen LogP contribution in [-0.4, -0.2) is 39.2 Å². The van der Waals surface area contributed by atoms with E-state index >= 15 is 0 Å². The van der Waals surface area contributed by atoms with Crippen molar-refractivity contribution < 1.29 is 19.1 Å². The van der Waals surface area contributed by atoms with E-state index in [2.05, 4.69) is 15.3 Å². The van der Waals surface area contributed by atoms with Crippen LogP contribution in [0.5, 0.6) is 5.88 Å². The lowest BCUT2D eigenvalue weighted by Gasteiger charge is -2.27. The molecule has 8 rings (SSSR count). The van der Waals surface area contributed by atoms with E-state index in [4.69, 9.17) is 4.74 Å². The summed E-state index contributed by atoms with van der Waals surface area (Å²) in [5, 5.41) is 6.71. The number of carbonyl (C=O) groups is 3. The van der Waals surface area contributed by atoms with E-state index in [0.717, 1.165) is 49.9 Å². The minimum atomic E-state index is -0.504. The molecule has 3 N–H and O–H groups in total. The number of nitrogens with one attached hydrogen (secondary N) is 3. The number of fused-ring (bicyclic) bond motifs is 3. The van der Waals surface area contributed by atoms with Gasteiger partial charge in [0.05, 0.1) is 4.88 Å². The van der Waals surface area contributed by atoms with E-state index in [-0.39, 0.29) is 17.1 Å². The molecule has 1 spiro atoms. The zero-order valence-corrected chi connectivity index (χ0v) is 21.6. The van der Waals surface area contributed by atoms with Gasteiger partial charge in [-0.3, -0.25) is 14.5 Å². The average molecular weight is 535 g/mol. The van der Waals surface area contributed by atoms with Crippen LogP contribution in [0.3, 0.4) is 0 Å². The number of hydrogen-bond donors (Lipinski definition) is 3. The molecule has 9 heteroatoms. The summed E-state index contributed by atoms with van der Waals surface area (Å²) in [6, 6.07) is 16.7. The molecular formula is C30H22N4O4S. The van der Waals surface area contributed by atoms with E-state index in [9.17, 15) is 14.4 Å². The van der Waals surface area contributed by atoms with Gasteiger partial charge >= 0.3 is 6.09 Å². The van der Waals surface area contributed by atoms with Crippen molar-refractivity contribution in [2.45, 2.75) is 18.8 Å². The van der Waals surface area contributed by atoms with Gasteiger partial charge in [0.25, 0.3) is 5.91 Å². The molecule has 2 aromatic carbocycles. The van der Waals surface area contributed by atoms with Crippen LogP contribution in [0, 0.1) is 12.8 Å². The minimum Gasteiger partial charge on any atom is -0.393 e. The number of anilines is 1. The molecule has 1 aliphatic heterocycles. The molecule has 1 saturated carbocycles. The van der Waals surface area contributed by atoms with Crippen LogP contribution in [0.25, 0.3) is 21.8 Å². The molecule has 4 heterocycles. The smallest absolute Gasteiger partial charge is 0.393 e. The van der Waals surface area contributed by atoms with Crippen molar-refractivity contribution in [3.8, 4) is 5.88 Å². The summed E-state index contributed by atoms with van der Waals surface area (Å²) in [6.07, 6.45) is 2.08. The highest BCUT2D eigenvalue weighted by Crippen LogP contribution is 2.67. The Balaban J connectivity index is 1.01. The van der Waals surface area contributed by atoms with Crippen LogP contribution in [0.1, 0.15) is 37.7 Å². The van der Waals surface area contributed by atoms with Crippen molar-refractivity contribution in [1.29, 1.82) is 0 Å². The zero-order valence-electron chi connectivity index (χ0n) is 20.8. The third-order valence-corrected chi connectivity index (χ3v) is 9.33. The Hall–Kier alpha value is -4.63. The first-order valence-corrected chi connectivity index (χ1v) is 13.6. The number of nitrogens with zero attached hydrogens (tertiary/aromatic N) is 1. The maximum atomic E-state index is 13.3. The summed E-state index contributed by atoms with van der Waals surface area (Å²) >= 11 is 1.49. The number of H-pyrrole nitrogens is 2. The van der Waals surface area contributed by atoms with Gasteiger partial charge in [0.2, 0.25) is 5.88 Å². The third-order valence-electron chi connectivity index (χ3n) is 8.21. The molecule has 8 nitrogen and oxygen atoms in total. The highest BCUT2D eigenvalue weighted by Gasteiger charge is 2.68. The number of likely N-dealkylation sites (tertiary alicyclic amines) is 1. The summed E-state index contributed by atoms with van der Waals surface area (Å²) in [4.78, 5) is 47.6. The maximum Gasteiger partial charge on any atom is 0.420 e. The molecule has 1 saturated heterocycles. The summed E-state index contributed by atoms with van der Waals surface area (Å²) < 4.78 is 5.75. The van der Waals surface area contributed by atoms with E-state index in [0.29, 0.717) is 29.7 Å². The first-order chi connectivity index (χ1) is 18.9. The van der Waals surface area contributed by atoms with Gasteiger partial charge < -0.3 is 20.0 Å². The normalized spacial score (nSPS) is 20.9. The molecule has 2 unspecified atom stereocenters. The number of aromatic amines is 2. The number of carbonyl (C=O) groups excluding carboxylic acids is 3. The van der Waals surface area contributed by atoms with Gasteiger partial charge in [-0.25, -0.2) is 4.79 Å². The Bertz CT molecular complexity index is 1890. The van der Waals surface area contributed by atoms with Gasteiger partial charge in [0.1, 0.15) is 5.69 Å². The van der Waals surface area contributed by atoms with Gasteiger partial charge in [-0.15, -0.1) is 11.3 Å². The number of amides is 2. The van der Waals surface area contributed by atoms with Gasteiger partial charge in [-0.2, -0.15) is 0 Å². The van der Waals surface area contributed by atoms with E-state index in [1.807, 2.05) is 54.8 Å². The summed E-state index contributed by atoms with van der Waals surface area (Å²) in [5.74, 6) is 0.330. The number of ketones is 1. The van der Waals surface area contributed by atoms with Crippen LogP contribution in [0.2, 0.25) is 0 Å². The van der Waals surface area contributed by atoms with Crippen molar-refractivity contribution in [2.75, 3.05) is 11.9 Å². The number of piperidine rings is 1. The predicted octanol–water partition coefficient (Wildman–Crippen LogP) is 6.12. The van der Waals surface area contributed by atoms with Crippen LogP contribution < -0.4 is 10.1 Å². The first-order valence-electron chi connectivity index (χ1n) is 12.8. The minimum absolute atomic E-state index is 0.0401. The van der Waals surface area contributed by atoms with Gasteiger partial charge in [0.15, 0.2) is 5.78 Å². The molecule has 0 bridgehead atoms. The Kier molecular flexibility index (Phi) is 4.42. The highest BCUT2D eigenvalue weighted by atomic mass is 32.1. The maximum absolute atomic E-state index is 13.3. The highest BCUT2D eigenvalue weighted by molar-refractivity contribution is 7.12. The monoisotopic (exact) mass is 534 g/mol. The average Bonchev–Trinajstić information content (AvgIpc) is 3.36. The molecule has 2 amide bonds. The Morgan fingerprint density at radius 3 is 2.79 bits per heavy atom. The molecule has 2 aliphatic carbocycles. The fraction of sp³-hybridized carbons (Fsp3) is 0.167. The van der Waals surface area contributed by atoms with Crippen molar-refractivity contribution in [3.05, 3.63) is 93.4 Å². The quantitative estimate of drug-likeness (QED) is 0.259. The number of ether oxygens (including phenoxy) is 1. The molecule has 192 valence electrons. The lowest BCUT2D eigenvalue weighted by atomic mass is 9.84. The Labute approximate surface area is 226 Å². The number of rotatable bonds is 3. The van der Waals surface area contributed by atoms with E-state index in [1.165, 1.54) is 11.3 Å². The van der Waals surface area contributed by atoms with Crippen LogP contribution in [-0.2, 0) is 5.41 Å². The molecule has 2 fully saturated rings. The van der Waals surface area contributed by atoms with E-state index in [1.54, 1.807) is 23.1 Å². The van der Waals surface area contributed by atoms with E-state index < -0.39 is 6.09 Å². The number of aryl methyl sites for hydroxylation is 1. The topological polar surface area (TPSA) is 107 Å². The van der Waals surface area contributed by atoms with Crippen LogP contribution in [0.15, 0.2) is 71.8 Å². The standard InChI is InChI=1S/C30H22N4O4S/c1-15-14-39-27-23(35)11-24-30(26(15)27)12-18(30)13-34(24)29(37)38-25-10-17-8-19(6-7-21(17)33-25)31-28(36)22-9-16-4-2-3-5-20(16)32-22/h2-11,14,18,32-33H,12-13H2,1H3,(H,31,36). The lowest BCUT2D eigenvalue weighted by Crippen LogP contribution is -2.35. The summed E-state index contributed by atoms with van der Waals surface area (Å²) in [5.41, 5.74) is 5.51. The first kappa shape index (κ1) is 22.4. The van der Waals surface area contributed by atoms with Crippen LogP contribution >= 0.6 is 11.3 Å². The lowest BCUT2D eigenvalue weighted by molar-refractivity contribution is 0.102. The van der Waals surface area contributed by atoms with Crippen molar-refractivity contribution in [1.82, 2.24) is 14.9 Å². The number of thiophene rings is 1. The fourth-order valence-electron chi connectivity index (χ4n) is 6.39. The molecule has 3 aromatic heterocycles. The number of aromatic nitrogens is 2. The van der Waals surface area contributed by atoms with Crippen molar-refractivity contribution in [2.24, 2.45) is 5.92 Å². The molecule has 2 atom stereocenters. The molecule has 3 aliphatic rings. The molecule has 0 radical (unpaired) electrons. The fourth-order valence-corrected chi connectivity index (χ4v) is 7.44. The number of para-hydroxylation sites is 1. The van der Waals surface area contributed by atoms with Gasteiger partial charge in [-0.1, -0.05) is 18.2 Å².